The first-order chi connectivity index (χ1) is 14.3. The monoisotopic (exact) mass is 520 g/mol. The van der Waals surface area contributed by atoms with E-state index in [1.165, 1.54) is 16.8 Å². The molecular weight excluding hydrogens is 487 g/mol. The summed E-state index contributed by atoms with van der Waals surface area (Å²) in [5.74, 6) is 0.814. The highest BCUT2D eigenvalue weighted by atomic mass is 127. The summed E-state index contributed by atoms with van der Waals surface area (Å²) < 4.78 is 5.92. The van der Waals surface area contributed by atoms with Crippen LogP contribution in [-0.4, -0.2) is 39.2 Å². The van der Waals surface area contributed by atoms with Crippen LogP contribution in [0, 0.1) is 0 Å². The molecule has 30 heavy (non-hydrogen) atoms. The Morgan fingerprint density at radius 1 is 1.03 bits per heavy atom. The van der Waals surface area contributed by atoms with Gasteiger partial charge < -0.3 is 20.3 Å². The van der Waals surface area contributed by atoms with E-state index in [-0.39, 0.29) is 30.1 Å². The highest BCUT2D eigenvalue weighted by Crippen LogP contribution is 2.17. The molecule has 2 aromatic carbocycles. The second kappa shape index (κ2) is 13.3. The highest BCUT2D eigenvalue weighted by molar-refractivity contribution is 14.0. The SMILES string of the molecule is CN=C(NCCCOC(C)c1ccccc1)NCc1ccc(N2CC=CC2)cc1.I. The summed E-state index contributed by atoms with van der Waals surface area (Å²) >= 11 is 0. The smallest absolute Gasteiger partial charge is 0.191 e. The van der Waals surface area contributed by atoms with Crippen LogP contribution in [0.4, 0.5) is 5.69 Å². The van der Waals surface area contributed by atoms with Gasteiger partial charge in [-0.1, -0.05) is 54.6 Å². The highest BCUT2D eigenvalue weighted by Gasteiger charge is 2.07. The van der Waals surface area contributed by atoms with Crippen LogP contribution < -0.4 is 15.5 Å². The molecule has 2 aromatic rings. The lowest BCUT2D eigenvalue weighted by Gasteiger charge is -2.18. The topological polar surface area (TPSA) is 48.9 Å². The molecule has 0 aliphatic carbocycles. The fourth-order valence-corrected chi connectivity index (χ4v) is 3.28. The second-order valence-electron chi connectivity index (χ2n) is 7.17. The zero-order chi connectivity index (χ0) is 20.3. The fourth-order valence-electron chi connectivity index (χ4n) is 3.28. The summed E-state index contributed by atoms with van der Waals surface area (Å²) in [6.45, 7) is 6.38. The lowest BCUT2D eigenvalue weighted by atomic mass is 10.1. The summed E-state index contributed by atoms with van der Waals surface area (Å²) in [4.78, 5) is 6.65. The van der Waals surface area contributed by atoms with Gasteiger partial charge in [0.1, 0.15) is 0 Å². The van der Waals surface area contributed by atoms with Gasteiger partial charge in [-0.05, 0) is 36.6 Å². The van der Waals surface area contributed by atoms with E-state index in [0.717, 1.165) is 38.6 Å². The molecule has 2 N–H and O–H groups in total. The van der Waals surface area contributed by atoms with Crippen molar-refractivity contribution in [2.45, 2.75) is 26.0 Å². The molecule has 3 rings (SSSR count). The van der Waals surface area contributed by atoms with Crippen molar-refractivity contribution in [1.82, 2.24) is 10.6 Å². The van der Waals surface area contributed by atoms with Gasteiger partial charge in [0.05, 0.1) is 6.10 Å². The predicted molar refractivity (Wildman–Crippen MR) is 137 cm³/mol. The Labute approximate surface area is 197 Å². The van der Waals surface area contributed by atoms with Crippen molar-refractivity contribution in [3.05, 3.63) is 77.9 Å². The van der Waals surface area contributed by atoms with Gasteiger partial charge in [0, 0.05) is 45.5 Å². The predicted octanol–water partition coefficient (Wildman–Crippen LogP) is 4.51. The summed E-state index contributed by atoms with van der Waals surface area (Å²) in [6.07, 6.45) is 5.46. The molecule has 0 saturated carbocycles. The summed E-state index contributed by atoms with van der Waals surface area (Å²) in [6, 6.07) is 19.0. The summed E-state index contributed by atoms with van der Waals surface area (Å²) in [7, 11) is 1.80. The number of guanidine groups is 1. The molecule has 162 valence electrons. The Kier molecular flexibility index (Phi) is 10.7. The molecule has 1 aliphatic rings. The minimum absolute atomic E-state index is 0. The van der Waals surface area contributed by atoms with Crippen LogP contribution in [0.15, 0.2) is 71.7 Å². The van der Waals surface area contributed by atoms with E-state index in [4.69, 9.17) is 4.74 Å². The van der Waals surface area contributed by atoms with Gasteiger partial charge >= 0.3 is 0 Å². The van der Waals surface area contributed by atoms with E-state index in [9.17, 15) is 0 Å². The lowest BCUT2D eigenvalue weighted by molar-refractivity contribution is 0.0646. The maximum atomic E-state index is 5.92. The Bertz CT molecular complexity index is 785. The van der Waals surface area contributed by atoms with Gasteiger partial charge in [0.2, 0.25) is 0 Å². The third-order valence-corrected chi connectivity index (χ3v) is 5.05. The molecule has 0 bridgehead atoms. The minimum atomic E-state index is 0. The quantitative estimate of drug-likeness (QED) is 0.168. The Balaban J connectivity index is 0.00000320. The van der Waals surface area contributed by atoms with Crippen LogP contribution in [0.1, 0.15) is 30.6 Å². The fraction of sp³-hybridized carbons (Fsp3) is 0.375. The Morgan fingerprint density at radius 3 is 2.40 bits per heavy atom. The number of hydrogen-bond donors (Lipinski definition) is 2. The van der Waals surface area contributed by atoms with E-state index in [2.05, 4.69) is 76.0 Å². The van der Waals surface area contributed by atoms with Crippen molar-refractivity contribution in [2.75, 3.05) is 38.2 Å². The molecule has 0 saturated heterocycles. The molecule has 0 aromatic heterocycles. The number of anilines is 1. The molecule has 5 nitrogen and oxygen atoms in total. The van der Waals surface area contributed by atoms with Crippen LogP contribution in [0.3, 0.4) is 0 Å². The van der Waals surface area contributed by atoms with E-state index >= 15 is 0 Å². The molecule has 1 atom stereocenters. The summed E-state index contributed by atoms with van der Waals surface area (Å²) in [5.41, 5.74) is 3.72. The number of nitrogens with zero attached hydrogens (tertiary/aromatic N) is 2. The van der Waals surface area contributed by atoms with Crippen molar-refractivity contribution in [3.8, 4) is 0 Å². The van der Waals surface area contributed by atoms with E-state index in [0.29, 0.717) is 6.61 Å². The second-order valence-corrected chi connectivity index (χ2v) is 7.17. The lowest BCUT2D eigenvalue weighted by Crippen LogP contribution is -2.37. The van der Waals surface area contributed by atoms with E-state index in [1.54, 1.807) is 7.05 Å². The van der Waals surface area contributed by atoms with Crippen molar-refractivity contribution < 1.29 is 4.74 Å². The van der Waals surface area contributed by atoms with Gasteiger partial charge in [-0.15, -0.1) is 24.0 Å². The van der Waals surface area contributed by atoms with E-state index in [1.807, 2.05) is 18.2 Å². The van der Waals surface area contributed by atoms with Crippen LogP contribution in [0.25, 0.3) is 0 Å². The first-order valence-corrected chi connectivity index (χ1v) is 10.4. The molecule has 0 spiro atoms. The van der Waals surface area contributed by atoms with Crippen molar-refractivity contribution in [2.24, 2.45) is 4.99 Å². The van der Waals surface area contributed by atoms with Gasteiger partial charge in [0.15, 0.2) is 5.96 Å². The molecule has 1 aliphatic heterocycles. The average Bonchev–Trinajstić information content (AvgIpc) is 3.31. The van der Waals surface area contributed by atoms with Crippen molar-refractivity contribution in [3.63, 3.8) is 0 Å². The zero-order valence-corrected chi connectivity index (χ0v) is 20.2. The van der Waals surface area contributed by atoms with Crippen LogP contribution in [-0.2, 0) is 11.3 Å². The number of ether oxygens (including phenoxy) is 1. The maximum absolute atomic E-state index is 5.92. The first kappa shape index (κ1) is 24.2. The average molecular weight is 520 g/mol. The van der Waals surface area contributed by atoms with Gasteiger partial charge in [-0.3, -0.25) is 4.99 Å². The normalized spacial score (nSPS) is 14.3. The van der Waals surface area contributed by atoms with Crippen LogP contribution >= 0.6 is 24.0 Å². The largest absolute Gasteiger partial charge is 0.374 e. The molecule has 0 fully saturated rings. The maximum Gasteiger partial charge on any atom is 0.191 e. The van der Waals surface area contributed by atoms with Crippen molar-refractivity contribution >= 4 is 35.6 Å². The number of halogens is 1. The van der Waals surface area contributed by atoms with Gasteiger partial charge in [-0.25, -0.2) is 0 Å². The summed E-state index contributed by atoms with van der Waals surface area (Å²) in [5, 5.41) is 6.72. The third kappa shape index (κ3) is 7.65. The Morgan fingerprint density at radius 2 is 1.73 bits per heavy atom. The van der Waals surface area contributed by atoms with Crippen LogP contribution in [0.2, 0.25) is 0 Å². The van der Waals surface area contributed by atoms with Gasteiger partial charge in [-0.2, -0.15) is 0 Å². The number of hydrogen-bond acceptors (Lipinski definition) is 3. The first-order valence-electron chi connectivity index (χ1n) is 10.4. The Hall–Kier alpha value is -2.06. The molecule has 1 unspecified atom stereocenters. The van der Waals surface area contributed by atoms with Crippen molar-refractivity contribution in [1.29, 1.82) is 0 Å². The number of nitrogens with one attached hydrogen (secondary N) is 2. The molecule has 6 heteroatoms. The standard InChI is InChI=1S/C24H32N4O.HI/c1-20(22-9-4-3-5-10-22)29-18-8-15-26-24(25-2)27-19-21-11-13-23(14-12-21)28-16-6-7-17-28;/h3-7,9-14,20H,8,15-19H2,1-2H3,(H2,25,26,27);1H. The number of rotatable bonds is 9. The van der Waals surface area contributed by atoms with E-state index < -0.39 is 0 Å². The molecule has 0 amide bonds. The zero-order valence-electron chi connectivity index (χ0n) is 17.9. The number of benzene rings is 2. The molecular formula is C24H33IN4O. The third-order valence-electron chi connectivity index (χ3n) is 5.05. The molecule has 1 heterocycles. The number of aliphatic imine (C=N–C) groups is 1. The van der Waals surface area contributed by atoms with Gasteiger partial charge in [0.25, 0.3) is 0 Å². The minimum Gasteiger partial charge on any atom is -0.374 e. The van der Waals surface area contributed by atoms with Crippen LogP contribution in [0.5, 0.6) is 0 Å². The molecule has 0 radical (unpaired) electrons.